The number of carbonyl (C=O) groups is 2. The highest BCUT2D eigenvalue weighted by molar-refractivity contribution is 5.84. The van der Waals surface area contributed by atoms with Crippen LogP contribution in [0.2, 0.25) is 0 Å². The molecule has 1 aromatic rings. The summed E-state index contributed by atoms with van der Waals surface area (Å²) in [6.45, 7) is -0.928. The van der Waals surface area contributed by atoms with E-state index in [0.717, 1.165) is 19.3 Å². The molecule has 6 nitrogen and oxygen atoms in total. The van der Waals surface area contributed by atoms with E-state index in [1.54, 1.807) is 6.07 Å². The number of carboxylic acid groups (broad SMARTS) is 1. The number of ether oxygens (including phenoxy) is 1. The second kappa shape index (κ2) is 6.38. The van der Waals surface area contributed by atoms with Gasteiger partial charge in [-0.2, -0.15) is 0 Å². The molecule has 6 heteroatoms. The smallest absolute Gasteiger partial charge is 0.328 e. The van der Waals surface area contributed by atoms with Crippen LogP contribution in [0.15, 0.2) is 18.2 Å². The molecule has 0 aromatic heterocycles. The van der Waals surface area contributed by atoms with E-state index in [0.29, 0.717) is 5.75 Å². The van der Waals surface area contributed by atoms with Gasteiger partial charge in [-0.15, -0.1) is 0 Å². The summed E-state index contributed by atoms with van der Waals surface area (Å²) in [6, 6.07) is 4.41. The first-order chi connectivity index (χ1) is 9.60. The van der Waals surface area contributed by atoms with E-state index in [1.165, 1.54) is 11.1 Å². The normalized spacial score (nSPS) is 14.4. The summed E-state index contributed by atoms with van der Waals surface area (Å²) in [5.74, 6) is -1.26. The molecule has 3 N–H and O–H groups in total. The molecule has 1 aliphatic carbocycles. The Hall–Kier alpha value is -2.08. The van der Waals surface area contributed by atoms with Gasteiger partial charge in [-0.05, 0) is 42.5 Å². The molecule has 0 aliphatic heterocycles. The third-order valence-corrected chi connectivity index (χ3v) is 3.26. The van der Waals surface area contributed by atoms with Crippen LogP contribution in [0.25, 0.3) is 0 Å². The molecule has 0 fully saturated rings. The Morgan fingerprint density at radius 1 is 1.30 bits per heavy atom. The fraction of sp³-hybridized carbons (Fsp3) is 0.429. The van der Waals surface area contributed by atoms with E-state index >= 15 is 0 Å². The Morgan fingerprint density at radius 2 is 2.05 bits per heavy atom. The van der Waals surface area contributed by atoms with Crippen molar-refractivity contribution in [1.29, 1.82) is 0 Å². The van der Waals surface area contributed by atoms with E-state index < -0.39 is 24.5 Å². The van der Waals surface area contributed by atoms with Crippen LogP contribution in [0.1, 0.15) is 17.5 Å². The molecule has 20 heavy (non-hydrogen) atoms. The third kappa shape index (κ3) is 3.48. The Kier molecular flexibility index (Phi) is 4.57. The van der Waals surface area contributed by atoms with Gasteiger partial charge < -0.3 is 20.3 Å². The quantitative estimate of drug-likeness (QED) is 0.687. The number of carboxylic acids is 1. The second-order valence-electron chi connectivity index (χ2n) is 4.71. The first-order valence-electron chi connectivity index (χ1n) is 6.48. The molecule has 0 radical (unpaired) electrons. The number of amides is 1. The standard InChI is InChI=1S/C14H17NO5/c16-7-12(14(18)19)15-13(17)8-20-11-5-4-9-2-1-3-10(9)6-11/h4-6,12,16H,1-3,7-8H2,(H,15,17)(H,18,19)/t12-/m0/s1. The first kappa shape index (κ1) is 14.3. The van der Waals surface area contributed by atoms with Crippen molar-refractivity contribution in [3.63, 3.8) is 0 Å². The summed E-state index contributed by atoms with van der Waals surface area (Å²) in [7, 11) is 0. The summed E-state index contributed by atoms with van der Waals surface area (Å²) in [5, 5.41) is 19.7. The Morgan fingerprint density at radius 3 is 2.75 bits per heavy atom. The van der Waals surface area contributed by atoms with E-state index in [9.17, 15) is 9.59 Å². The molecule has 1 aliphatic rings. The Bertz CT molecular complexity index is 514. The van der Waals surface area contributed by atoms with Crippen molar-refractivity contribution < 1.29 is 24.5 Å². The predicted molar refractivity (Wildman–Crippen MR) is 70.6 cm³/mol. The van der Waals surface area contributed by atoms with Crippen LogP contribution in [0, 0.1) is 0 Å². The number of aliphatic carboxylic acids is 1. The molecule has 0 spiro atoms. The highest BCUT2D eigenvalue weighted by Crippen LogP contribution is 2.25. The van der Waals surface area contributed by atoms with Crippen LogP contribution in [0.3, 0.4) is 0 Å². The maximum absolute atomic E-state index is 11.5. The van der Waals surface area contributed by atoms with Gasteiger partial charge in [-0.3, -0.25) is 4.79 Å². The zero-order chi connectivity index (χ0) is 14.5. The van der Waals surface area contributed by atoms with Gasteiger partial charge in [0, 0.05) is 0 Å². The van der Waals surface area contributed by atoms with Crippen molar-refractivity contribution in [2.24, 2.45) is 0 Å². The zero-order valence-electron chi connectivity index (χ0n) is 11.0. The van der Waals surface area contributed by atoms with Gasteiger partial charge >= 0.3 is 5.97 Å². The molecule has 0 unspecified atom stereocenters. The second-order valence-corrected chi connectivity index (χ2v) is 4.71. The lowest BCUT2D eigenvalue weighted by Crippen LogP contribution is -2.45. The number of benzene rings is 1. The monoisotopic (exact) mass is 279 g/mol. The van der Waals surface area contributed by atoms with E-state index in [1.807, 2.05) is 12.1 Å². The van der Waals surface area contributed by atoms with Crippen LogP contribution < -0.4 is 10.1 Å². The molecule has 0 saturated heterocycles. The molecular weight excluding hydrogens is 262 g/mol. The fourth-order valence-electron chi connectivity index (χ4n) is 2.21. The minimum atomic E-state index is -1.30. The maximum atomic E-state index is 11.5. The average molecular weight is 279 g/mol. The van der Waals surface area contributed by atoms with Crippen molar-refractivity contribution >= 4 is 11.9 Å². The first-order valence-corrected chi connectivity index (χ1v) is 6.48. The molecule has 1 aromatic carbocycles. The van der Waals surface area contributed by atoms with Gasteiger partial charge in [0.05, 0.1) is 6.61 Å². The number of fused-ring (bicyclic) bond motifs is 1. The number of aliphatic hydroxyl groups is 1. The van der Waals surface area contributed by atoms with Gasteiger partial charge in [0.2, 0.25) is 0 Å². The highest BCUT2D eigenvalue weighted by Gasteiger charge is 2.19. The lowest BCUT2D eigenvalue weighted by atomic mass is 10.1. The van der Waals surface area contributed by atoms with Crippen molar-refractivity contribution in [3.05, 3.63) is 29.3 Å². The summed E-state index contributed by atoms with van der Waals surface area (Å²) in [4.78, 5) is 22.2. The third-order valence-electron chi connectivity index (χ3n) is 3.26. The molecule has 0 heterocycles. The largest absolute Gasteiger partial charge is 0.484 e. The van der Waals surface area contributed by atoms with Crippen LogP contribution >= 0.6 is 0 Å². The molecule has 108 valence electrons. The number of nitrogens with one attached hydrogen (secondary N) is 1. The van der Waals surface area contributed by atoms with E-state index in [4.69, 9.17) is 14.9 Å². The molecule has 0 bridgehead atoms. The fourth-order valence-corrected chi connectivity index (χ4v) is 2.21. The van der Waals surface area contributed by atoms with E-state index in [2.05, 4.69) is 5.32 Å². The van der Waals surface area contributed by atoms with Crippen LogP contribution in [-0.4, -0.2) is 41.3 Å². The van der Waals surface area contributed by atoms with Crippen LogP contribution in [-0.2, 0) is 22.4 Å². The van der Waals surface area contributed by atoms with Crippen LogP contribution in [0.4, 0.5) is 0 Å². The van der Waals surface area contributed by atoms with E-state index in [-0.39, 0.29) is 6.61 Å². The van der Waals surface area contributed by atoms with Crippen LogP contribution in [0.5, 0.6) is 5.75 Å². The molecule has 1 amide bonds. The number of rotatable bonds is 6. The summed E-state index contributed by atoms with van der Waals surface area (Å²) < 4.78 is 5.33. The highest BCUT2D eigenvalue weighted by atomic mass is 16.5. The topological polar surface area (TPSA) is 95.9 Å². The molecule has 0 saturated carbocycles. The van der Waals surface area contributed by atoms with Gasteiger partial charge in [0.1, 0.15) is 11.8 Å². The number of aliphatic hydroxyl groups excluding tert-OH is 1. The van der Waals surface area contributed by atoms with Gasteiger partial charge in [-0.25, -0.2) is 4.79 Å². The van der Waals surface area contributed by atoms with Gasteiger partial charge in [0.25, 0.3) is 5.91 Å². The lowest BCUT2D eigenvalue weighted by molar-refractivity contribution is -0.143. The lowest BCUT2D eigenvalue weighted by Gasteiger charge is -2.12. The molecule has 2 rings (SSSR count). The zero-order valence-corrected chi connectivity index (χ0v) is 11.0. The minimum absolute atomic E-state index is 0.275. The minimum Gasteiger partial charge on any atom is -0.484 e. The Balaban J connectivity index is 1.85. The number of carbonyl (C=O) groups excluding carboxylic acids is 1. The van der Waals surface area contributed by atoms with Gasteiger partial charge in [0.15, 0.2) is 6.61 Å². The summed E-state index contributed by atoms with van der Waals surface area (Å²) in [6.07, 6.45) is 3.23. The van der Waals surface area contributed by atoms with Crippen molar-refractivity contribution in [2.75, 3.05) is 13.2 Å². The van der Waals surface area contributed by atoms with Crippen molar-refractivity contribution in [3.8, 4) is 5.75 Å². The predicted octanol–water partition coefficient (Wildman–Crippen LogP) is 0.116. The summed E-state index contributed by atoms with van der Waals surface area (Å²) >= 11 is 0. The molecule has 1 atom stereocenters. The number of aryl methyl sites for hydroxylation is 2. The maximum Gasteiger partial charge on any atom is 0.328 e. The molecular formula is C14H17NO5. The van der Waals surface area contributed by atoms with Gasteiger partial charge in [-0.1, -0.05) is 6.07 Å². The van der Waals surface area contributed by atoms with Crippen molar-refractivity contribution in [2.45, 2.75) is 25.3 Å². The SMILES string of the molecule is O=C(COc1ccc2c(c1)CCC2)N[C@@H](CO)C(=O)O. The Labute approximate surface area is 116 Å². The number of hydrogen-bond donors (Lipinski definition) is 3. The average Bonchev–Trinajstić information content (AvgIpc) is 2.89. The summed E-state index contributed by atoms with van der Waals surface area (Å²) in [5.41, 5.74) is 2.55. The van der Waals surface area contributed by atoms with Crippen molar-refractivity contribution in [1.82, 2.24) is 5.32 Å². The number of hydrogen-bond acceptors (Lipinski definition) is 4.